The highest BCUT2D eigenvalue weighted by atomic mass is 32.2. The summed E-state index contributed by atoms with van der Waals surface area (Å²) in [4.78, 5) is 0. The Labute approximate surface area is 107 Å². The van der Waals surface area contributed by atoms with Gasteiger partial charge in [0.05, 0.1) is 11.4 Å². The van der Waals surface area contributed by atoms with E-state index < -0.39 is 15.8 Å². The minimum atomic E-state index is -3.42. The van der Waals surface area contributed by atoms with Gasteiger partial charge in [0.15, 0.2) is 0 Å². The lowest BCUT2D eigenvalue weighted by Gasteiger charge is -2.10. The fourth-order valence-electron chi connectivity index (χ4n) is 1.61. The number of hydrogen-bond donors (Lipinski definition) is 2. The fourth-order valence-corrected chi connectivity index (χ4v) is 2.65. The average molecular weight is 272 g/mol. The SMILES string of the molecule is Cc1ccc(F)cc1NS(=O)(=O)CCNC1CC1. The van der Waals surface area contributed by atoms with E-state index in [-0.39, 0.29) is 5.75 Å². The number of aryl methyl sites for hydroxylation is 1. The van der Waals surface area contributed by atoms with E-state index in [9.17, 15) is 12.8 Å². The summed E-state index contributed by atoms with van der Waals surface area (Å²) in [5.41, 5.74) is 1.01. The van der Waals surface area contributed by atoms with Gasteiger partial charge in [0.1, 0.15) is 5.82 Å². The quantitative estimate of drug-likeness (QED) is 0.827. The van der Waals surface area contributed by atoms with E-state index in [1.165, 1.54) is 12.1 Å². The standard InChI is InChI=1S/C12H17FN2O2S/c1-9-2-3-10(13)8-12(9)15-18(16,17)7-6-14-11-4-5-11/h2-3,8,11,14-15H,4-7H2,1H3. The van der Waals surface area contributed by atoms with Crippen LogP contribution in [0.15, 0.2) is 18.2 Å². The minimum Gasteiger partial charge on any atom is -0.313 e. The van der Waals surface area contributed by atoms with E-state index in [4.69, 9.17) is 0 Å². The number of sulfonamides is 1. The predicted octanol–water partition coefficient (Wildman–Crippen LogP) is 1.63. The molecule has 2 N–H and O–H groups in total. The molecule has 1 aliphatic carbocycles. The van der Waals surface area contributed by atoms with Gasteiger partial charge in [-0.2, -0.15) is 0 Å². The minimum absolute atomic E-state index is 0.000542. The van der Waals surface area contributed by atoms with E-state index >= 15 is 0 Å². The molecule has 0 aromatic heterocycles. The molecule has 100 valence electrons. The van der Waals surface area contributed by atoms with Crippen LogP contribution < -0.4 is 10.0 Å². The van der Waals surface area contributed by atoms with Gasteiger partial charge in [-0.25, -0.2) is 12.8 Å². The Morgan fingerprint density at radius 1 is 1.39 bits per heavy atom. The molecule has 4 nitrogen and oxygen atoms in total. The lowest BCUT2D eigenvalue weighted by atomic mass is 10.2. The molecule has 1 saturated carbocycles. The molecule has 0 bridgehead atoms. The van der Waals surface area contributed by atoms with Crippen molar-refractivity contribution in [2.45, 2.75) is 25.8 Å². The van der Waals surface area contributed by atoms with Gasteiger partial charge in [-0.15, -0.1) is 0 Å². The Balaban J connectivity index is 1.95. The van der Waals surface area contributed by atoms with Crippen LogP contribution >= 0.6 is 0 Å². The first kappa shape index (κ1) is 13.3. The Hall–Kier alpha value is -1.14. The van der Waals surface area contributed by atoms with E-state index in [1.54, 1.807) is 13.0 Å². The first-order valence-corrected chi connectivity index (χ1v) is 7.61. The molecule has 2 rings (SSSR count). The van der Waals surface area contributed by atoms with E-state index in [0.717, 1.165) is 12.8 Å². The molecule has 0 heterocycles. The average Bonchev–Trinajstić information content (AvgIpc) is 3.07. The third-order valence-corrected chi connectivity index (χ3v) is 4.12. The molecule has 0 aliphatic heterocycles. The maximum Gasteiger partial charge on any atom is 0.233 e. The summed E-state index contributed by atoms with van der Waals surface area (Å²) in [7, 11) is -3.42. The molecule has 0 saturated heterocycles. The predicted molar refractivity (Wildman–Crippen MR) is 69.6 cm³/mol. The molecule has 1 aromatic carbocycles. The zero-order chi connectivity index (χ0) is 13.2. The molecular weight excluding hydrogens is 255 g/mol. The van der Waals surface area contributed by atoms with E-state index in [2.05, 4.69) is 10.0 Å². The zero-order valence-electron chi connectivity index (χ0n) is 10.2. The van der Waals surface area contributed by atoms with Crippen molar-refractivity contribution >= 4 is 15.7 Å². The molecular formula is C12H17FN2O2S. The van der Waals surface area contributed by atoms with Crippen molar-refractivity contribution in [1.29, 1.82) is 0 Å². The van der Waals surface area contributed by atoms with E-state index in [1.807, 2.05) is 0 Å². The van der Waals surface area contributed by atoms with Gasteiger partial charge in [0, 0.05) is 12.6 Å². The van der Waals surface area contributed by atoms with Crippen LogP contribution in [0.3, 0.4) is 0 Å². The van der Waals surface area contributed by atoms with Crippen LogP contribution in [0.1, 0.15) is 18.4 Å². The smallest absolute Gasteiger partial charge is 0.233 e. The maximum atomic E-state index is 13.0. The van der Waals surface area contributed by atoms with Gasteiger partial charge in [-0.05, 0) is 37.5 Å². The maximum absolute atomic E-state index is 13.0. The third-order valence-electron chi connectivity index (χ3n) is 2.85. The van der Waals surface area contributed by atoms with Crippen molar-refractivity contribution < 1.29 is 12.8 Å². The highest BCUT2D eigenvalue weighted by Gasteiger charge is 2.21. The Bertz CT molecular complexity index is 527. The van der Waals surface area contributed by atoms with Crippen LogP contribution in [-0.4, -0.2) is 26.8 Å². The lowest BCUT2D eigenvalue weighted by Crippen LogP contribution is -2.28. The number of anilines is 1. The second-order valence-corrected chi connectivity index (χ2v) is 6.45. The van der Waals surface area contributed by atoms with E-state index in [0.29, 0.717) is 23.8 Å². The topological polar surface area (TPSA) is 58.2 Å². The van der Waals surface area contributed by atoms with Crippen molar-refractivity contribution in [3.8, 4) is 0 Å². The second-order valence-electron chi connectivity index (χ2n) is 4.61. The first-order chi connectivity index (χ1) is 8.46. The van der Waals surface area contributed by atoms with Crippen molar-refractivity contribution in [2.75, 3.05) is 17.0 Å². The third kappa shape index (κ3) is 3.96. The van der Waals surface area contributed by atoms with Gasteiger partial charge in [-0.1, -0.05) is 6.07 Å². The molecule has 1 aliphatic rings. The number of benzene rings is 1. The van der Waals surface area contributed by atoms with Crippen molar-refractivity contribution in [3.63, 3.8) is 0 Å². The summed E-state index contributed by atoms with van der Waals surface area (Å²) in [6, 6.07) is 4.54. The van der Waals surface area contributed by atoms with Crippen LogP contribution in [-0.2, 0) is 10.0 Å². The number of nitrogens with one attached hydrogen (secondary N) is 2. The Morgan fingerprint density at radius 3 is 2.78 bits per heavy atom. The summed E-state index contributed by atoms with van der Waals surface area (Å²) < 4.78 is 39.0. The van der Waals surface area contributed by atoms with Crippen LogP contribution in [0.25, 0.3) is 0 Å². The Morgan fingerprint density at radius 2 is 2.11 bits per heavy atom. The van der Waals surface area contributed by atoms with Gasteiger partial charge in [-0.3, -0.25) is 4.72 Å². The number of rotatable bonds is 6. The van der Waals surface area contributed by atoms with Crippen molar-refractivity contribution in [2.24, 2.45) is 0 Å². The molecule has 0 unspecified atom stereocenters. The highest BCUT2D eigenvalue weighted by Crippen LogP contribution is 2.19. The lowest BCUT2D eigenvalue weighted by molar-refractivity contribution is 0.595. The van der Waals surface area contributed by atoms with Gasteiger partial charge < -0.3 is 5.32 Å². The molecule has 0 radical (unpaired) electrons. The van der Waals surface area contributed by atoms with Crippen LogP contribution in [0.2, 0.25) is 0 Å². The van der Waals surface area contributed by atoms with Gasteiger partial charge in [0.2, 0.25) is 10.0 Å². The zero-order valence-corrected chi connectivity index (χ0v) is 11.1. The van der Waals surface area contributed by atoms with Crippen LogP contribution in [0.4, 0.5) is 10.1 Å². The molecule has 0 spiro atoms. The summed E-state index contributed by atoms with van der Waals surface area (Å²) in [6.45, 7) is 2.16. The molecule has 0 atom stereocenters. The Kier molecular flexibility index (Phi) is 3.87. The largest absolute Gasteiger partial charge is 0.313 e. The summed E-state index contributed by atoms with van der Waals surface area (Å²) >= 11 is 0. The van der Waals surface area contributed by atoms with Gasteiger partial charge in [0.25, 0.3) is 0 Å². The monoisotopic (exact) mass is 272 g/mol. The van der Waals surface area contributed by atoms with Crippen molar-refractivity contribution in [3.05, 3.63) is 29.6 Å². The normalized spacial score (nSPS) is 15.7. The molecule has 0 amide bonds. The van der Waals surface area contributed by atoms with Gasteiger partial charge >= 0.3 is 0 Å². The van der Waals surface area contributed by atoms with Crippen LogP contribution in [0, 0.1) is 12.7 Å². The fraction of sp³-hybridized carbons (Fsp3) is 0.500. The number of halogens is 1. The molecule has 1 fully saturated rings. The van der Waals surface area contributed by atoms with Crippen LogP contribution in [0.5, 0.6) is 0 Å². The second kappa shape index (κ2) is 5.24. The van der Waals surface area contributed by atoms with Crippen molar-refractivity contribution in [1.82, 2.24) is 5.32 Å². The number of hydrogen-bond acceptors (Lipinski definition) is 3. The highest BCUT2D eigenvalue weighted by molar-refractivity contribution is 7.92. The first-order valence-electron chi connectivity index (χ1n) is 5.96. The summed E-state index contributed by atoms with van der Waals surface area (Å²) in [5, 5.41) is 3.13. The molecule has 18 heavy (non-hydrogen) atoms. The summed E-state index contributed by atoms with van der Waals surface area (Å²) in [5.74, 6) is -0.450. The molecule has 6 heteroatoms. The molecule has 1 aromatic rings. The summed E-state index contributed by atoms with van der Waals surface area (Å²) in [6.07, 6.45) is 2.24.